The zero-order valence-electron chi connectivity index (χ0n) is 20.1. The second-order valence-electron chi connectivity index (χ2n) is 8.44. The first-order valence-corrected chi connectivity index (χ1v) is 11.9. The van der Waals surface area contributed by atoms with E-state index in [0.717, 1.165) is 21.7 Å². The third-order valence-electron chi connectivity index (χ3n) is 5.92. The minimum absolute atomic E-state index is 0.138. The Bertz CT molecular complexity index is 1640. The van der Waals surface area contributed by atoms with E-state index in [-0.39, 0.29) is 22.7 Å². The second kappa shape index (κ2) is 10.1. The van der Waals surface area contributed by atoms with Gasteiger partial charge in [0.2, 0.25) is 0 Å². The number of fused-ring (bicyclic) bond motifs is 2. The van der Waals surface area contributed by atoms with Gasteiger partial charge < -0.3 is 19.8 Å². The fraction of sp³-hybridized carbons (Fsp3) is 0.0690. The molecule has 0 spiro atoms. The van der Waals surface area contributed by atoms with Gasteiger partial charge in [-0.3, -0.25) is 14.9 Å². The molecular formula is C29H23N3O4S. The Morgan fingerprint density at radius 2 is 1.51 bits per heavy atom. The number of amides is 2. The molecule has 0 fully saturated rings. The minimum atomic E-state index is -0.383. The van der Waals surface area contributed by atoms with Crippen LogP contribution in [0.5, 0.6) is 5.75 Å². The molecule has 0 aliphatic rings. The van der Waals surface area contributed by atoms with Gasteiger partial charge in [0, 0.05) is 16.8 Å². The first-order chi connectivity index (χ1) is 17.9. The molecule has 0 atom stereocenters. The summed E-state index contributed by atoms with van der Waals surface area (Å²) in [7, 11) is 1.52. The number of benzene rings is 4. The van der Waals surface area contributed by atoms with Gasteiger partial charge in [-0.25, -0.2) is 0 Å². The summed E-state index contributed by atoms with van der Waals surface area (Å²) in [4.78, 5) is 25.6. The van der Waals surface area contributed by atoms with Crippen LogP contribution in [0, 0.1) is 6.92 Å². The van der Waals surface area contributed by atoms with Crippen molar-refractivity contribution in [2.75, 3.05) is 17.7 Å². The molecule has 4 aromatic carbocycles. The fourth-order valence-electron chi connectivity index (χ4n) is 4.06. The number of carbonyl (C=O) groups excluding carboxylic acids is 2. The Balaban J connectivity index is 1.25. The van der Waals surface area contributed by atoms with Gasteiger partial charge in [-0.15, -0.1) is 0 Å². The van der Waals surface area contributed by atoms with Crippen LogP contribution in [-0.2, 0) is 0 Å². The van der Waals surface area contributed by atoms with Crippen molar-refractivity contribution in [3.8, 4) is 5.75 Å². The highest BCUT2D eigenvalue weighted by molar-refractivity contribution is 7.80. The van der Waals surface area contributed by atoms with Gasteiger partial charge in [-0.05, 0) is 77.9 Å². The number of furan rings is 1. The number of hydrogen-bond acceptors (Lipinski definition) is 5. The smallest absolute Gasteiger partial charge is 0.291 e. The molecular weight excluding hydrogens is 486 g/mol. The maximum absolute atomic E-state index is 12.9. The summed E-state index contributed by atoms with van der Waals surface area (Å²) in [5.74, 6) is -0.0335. The van der Waals surface area contributed by atoms with Crippen molar-refractivity contribution < 1.29 is 18.7 Å². The third-order valence-corrected chi connectivity index (χ3v) is 6.13. The number of anilines is 2. The largest absolute Gasteiger partial charge is 0.496 e. The van der Waals surface area contributed by atoms with Crippen molar-refractivity contribution in [2.45, 2.75) is 6.92 Å². The van der Waals surface area contributed by atoms with E-state index in [1.54, 1.807) is 24.3 Å². The molecule has 0 aliphatic heterocycles. The molecule has 7 nitrogen and oxygen atoms in total. The third kappa shape index (κ3) is 5.14. The van der Waals surface area contributed by atoms with Gasteiger partial charge in [0.25, 0.3) is 11.8 Å². The van der Waals surface area contributed by atoms with E-state index in [1.807, 2.05) is 67.6 Å². The lowest BCUT2D eigenvalue weighted by Gasteiger charge is -2.14. The molecule has 3 N–H and O–H groups in total. The van der Waals surface area contributed by atoms with Crippen LogP contribution in [0.15, 0.2) is 89.3 Å². The number of thiocarbonyl (C=S) groups is 1. The van der Waals surface area contributed by atoms with Gasteiger partial charge in [0.15, 0.2) is 10.9 Å². The molecule has 1 heterocycles. The first-order valence-electron chi connectivity index (χ1n) is 11.5. The van der Waals surface area contributed by atoms with Crippen molar-refractivity contribution >= 4 is 62.3 Å². The Morgan fingerprint density at radius 3 is 2.22 bits per heavy atom. The molecule has 5 aromatic rings. The van der Waals surface area contributed by atoms with E-state index in [0.29, 0.717) is 28.3 Å². The Hall–Kier alpha value is -4.69. The molecule has 0 saturated heterocycles. The number of aryl methyl sites for hydroxylation is 1. The van der Waals surface area contributed by atoms with Crippen LogP contribution in [0.3, 0.4) is 0 Å². The average molecular weight is 510 g/mol. The Kier molecular flexibility index (Phi) is 6.57. The number of hydrogen-bond donors (Lipinski definition) is 3. The van der Waals surface area contributed by atoms with Crippen LogP contribution in [0.2, 0.25) is 0 Å². The van der Waals surface area contributed by atoms with Crippen molar-refractivity contribution in [1.82, 2.24) is 5.32 Å². The molecule has 37 heavy (non-hydrogen) atoms. The van der Waals surface area contributed by atoms with Crippen LogP contribution < -0.4 is 20.7 Å². The first kappa shape index (κ1) is 24.0. The van der Waals surface area contributed by atoms with Crippen LogP contribution >= 0.6 is 12.2 Å². The lowest BCUT2D eigenvalue weighted by Crippen LogP contribution is -2.34. The van der Waals surface area contributed by atoms with Gasteiger partial charge in [-0.1, -0.05) is 42.5 Å². The standard InChI is InChI=1S/C29H23N3O4S/c1-17-13-21(11-12-23(17)31-28(34)26-16-20-9-5-6-10-24(20)36-26)30-29(37)32-27(33)22-14-18-7-3-4-8-19(18)15-25(22)35-2/h3-16H,1-2H3,(H,31,34)(H2,30,32,33,37). The summed E-state index contributed by atoms with van der Waals surface area (Å²) in [5, 5.41) is 11.5. The molecule has 2 amide bonds. The van der Waals surface area contributed by atoms with E-state index >= 15 is 0 Å². The molecule has 184 valence electrons. The summed E-state index contributed by atoms with van der Waals surface area (Å²) in [6.07, 6.45) is 0. The molecule has 0 bridgehead atoms. The second-order valence-corrected chi connectivity index (χ2v) is 8.85. The van der Waals surface area contributed by atoms with E-state index in [2.05, 4.69) is 16.0 Å². The van der Waals surface area contributed by atoms with Crippen LogP contribution in [-0.4, -0.2) is 24.0 Å². The molecule has 0 aliphatic carbocycles. The van der Waals surface area contributed by atoms with Crippen molar-refractivity contribution in [3.05, 3.63) is 102 Å². The summed E-state index contributed by atoms with van der Waals surface area (Å²) < 4.78 is 11.1. The SMILES string of the molecule is COc1cc2ccccc2cc1C(=O)NC(=S)Nc1ccc(NC(=O)c2cc3ccccc3o2)c(C)c1. The van der Waals surface area contributed by atoms with Crippen molar-refractivity contribution in [2.24, 2.45) is 0 Å². The topological polar surface area (TPSA) is 92.6 Å². The predicted molar refractivity (Wildman–Crippen MR) is 150 cm³/mol. The number of methoxy groups -OCH3 is 1. The highest BCUT2D eigenvalue weighted by Crippen LogP contribution is 2.26. The quantitative estimate of drug-likeness (QED) is 0.242. The molecule has 8 heteroatoms. The lowest BCUT2D eigenvalue weighted by atomic mass is 10.1. The molecule has 1 aromatic heterocycles. The lowest BCUT2D eigenvalue weighted by molar-refractivity contribution is 0.0972. The van der Waals surface area contributed by atoms with E-state index in [1.165, 1.54) is 7.11 Å². The van der Waals surface area contributed by atoms with Crippen LogP contribution in [0.1, 0.15) is 26.5 Å². The summed E-state index contributed by atoms with van der Waals surface area (Å²) in [6.45, 7) is 1.86. The van der Waals surface area contributed by atoms with Gasteiger partial charge in [0.05, 0.1) is 12.7 Å². The van der Waals surface area contributed by atoms with E-state index in [4.69, 9.17) is 21.4 Å². The zero-order chi connectivity index (χ0) is 25.9. The zero-order valence-corrected chi connectivity index (χ0v) is 20.9. The average Bonchev–Trinajstić information content (AvgIpc) is 3.34. The van der Waals surface area contributed by atoms with Gasteiger partial charge >= 0.3 is 0 Å². The number of para-hydroxylation sites is 1. The van der Waals surface area contributed by atoms with Gasteiger partial charge in [-0.2, -0.15) is 0 Å². The summed E-state index contributed by atoms with van der Waals surface area (Å²) >= 11 is 5.36. The Morgan fingerprint density at radius 1 is 0.811 bits per heavy atom. The highest BCUT2D eigenvalue weighted by Gasteiger charge is 2.16. The number of carbonyl (C=O) groups is 2. The molecule has 5 rings (SSSR count). The van der Waals surface area contributed by atoms with Gasteiger partial charge in [0.1, 0.15) is 11.3 Å². The monoisotopic (exact) mass is 509 g/mol. The predicted octanol–water partition coefficient (Wildman–Crippen LogP) is 6.28. The van der Waals surface area contributed by atoms with Crippen molar-refractivity contribution in [1.29, 1.82) is 0 Å². The van der Waals surface area contributed by atoms with E-state index in [9.17, 15) is 9.59 Å². The summed E-state index contributed by atoms with van der Waals surface area (Å²) in [6, 6.07) is 25.8. The number of ether oxygens (including phenoxy) is 1. The highest BCUT2D eigenvalue weighted by atomic mass is 32.1. The fourth-order valence-corrected chi connectivity index (χ4v) is 4.27. The molecule has 0 radical (unpaired) electrons. The minimum Gasteiger partial charge on any atom is -0.496 e. The maximum atomic E-state index is 12.9. The molecule has 0 saturated carbocycles. The molecule has 0 unspecified atom stereocenters. The van der Waals surface area contributed by atoms with Crippen molar-refractivity contribution in [3.63, 3.8) is 0 Å². The summed E-state index contributed by atoms with van der Waals surface area (Å²) in [5.41, 5.74) is 3.13. The Labute approximate surface area is 218 Å². The number of nitrogens with one attached hydrogen (secondary N) is 3. The van der Waals surface area contributed by atoms with E-state index < -0.39 is 0 Å². The normalized spacial score (nSPS) is 10.8. The van der Waals surface area contributed by atoms with Crippen LogP contribution in [0.25, 0.3) is 21.7 Å². The number of rotatable bonds is 5. The maximum Gasteiger partial charge on any atom is 0.291 e. The van der Waals surface area contributed by atoms with Crippen LogP contribution in [0.4, 0.5) is 11.4 Å².